The minimum Gasteiger partial charge on any atom is -0.457 e. The van der Waals surface area contributed by atoms with Crippen molar-refractivity contribution in [3.8, 4) is 11.5 Å². The number of hydrogen-bond donors (Lipinski definition) is 1. The van der Waals surface area contributed by atoms with Crippen molar-refractivity contribution in [1.82, 2.24) is 9.80 Å². The summed E-state index contributed by atoms with van der Waals surface area (Å²) in [6.45, 7) is 1.29. The Balaban J connectivity index is 1.38. The van der Waals surface area contributed by atoms with Crippen molar-refractivity contribution in [3.63, 3.8) is 0 Å². The number of aliphatic hydroxyl groups excluding tert-OH is 1. The molecule has 0 aliphatic rings. The average molecular weight is 550 g/mol. The van der Waals surface area contributed by atoms with Gasteiger partial charge in [-0.05, 0) is 74.4 Å². The van der Waals surface area contributed by atoms with E-state index in [2.05, 4.69) is 46.2 Å². The molecule has 4 rings (SSSR count). The molecule has 0 aliphatic carbocycles. The molecule has 41 heavy (non-hydrogen) atoms. The third kappa shape index (κ3) is 9.05. The number of nitrogens with zero attached hydrogens (tertiary/aromatic N) is 2. The molecule has 6 nitrogen and oxygen atoms in total. The van der Waals surface area contributed by atoms with Crippen molar-refractivity contribution in [1.29, 1.82) is 0 Å². The molecule has 0 saturated carbocycles. The Hall–Kier alpha value is -3.39. The Morgan fingerprint density at radius 2 is 1.20 bits per heavy atom. The maximum atomic E-state index is 10.1. The van der Waals surface area contributed by atoms with Crippen LogP contribution < -0.4 is 21.1 Å². The van der Waals surface area contributed by atoms with Gasteiger partial charge in [-0.3, -0.25) is 0 Å². The van der Waals surface area contributed by atoms with Gasteiger partial charge in [0, 0.05) is 19.8 Å². The van der Waals surface area contributed by atoms with E-state index in [9.17, 15) is 5.11 Å². The predicted molar refractivity (Wildman–Crippen MR) is 170 cm³/mol. The van der Waals surface area contributed by atoms with Crippen molar-refractivity contribution in [2.24, 2.45) is 0 Å². The van der Waals surface area contributed by atoms with E-state index in [-0.39, 0.29) is 19.5 Å². The summed E-state index contributed by atoms with van der Waals surface area (Å²) in [5.41, 5.74) is 4.28. The summed E-state index contributed by atoms with van der Waals surface area (Å²) in [4.78, 5) is 4.24. The number of ether oxygens (including phenoxy) is 1. The first-order valence-electron chi connectivity index (χ1n) is 14.1. The Labute approximate surface area is 245 Å². The lowest BCUT2D eigenvalue weighted by Gasteiger charge is -2.26. The second-order valence-electron chi connectivity index (χ2n) is 10.6. The largest absolute Gasteiger partial charge is 0.457 e. The lowest BCUT2D eigenvalue weighted by molar-refractivity contribution is 0.181. The molecule has 8 heteroatoms. The molecule has 0 bridgehead atoms. The molecular weight excluding hydrogens is 510 g/mol. The highest BCUT2D eigenvalue weighted by Gasteiger charge is 2.23. The summed E-state index contributed by atoms with van der Waals surface area (Å²) in [5, 5.41) is 10.1. The van der Waals surface area contributed by atoms with Gasteiger partial charge in [-0.25, -0.2) is 0 Å². The quantitative estimate of drug-likeness (QED) is 0.230. The van der Waals surface area contributed by atoms with Crippen LogP contribution in [0.4, 0.5) is 0 Å². The number of aliphatic hydroxyl groups is 1. The fourth-order valence-corrected chi connectivity index (χ4v) is 4.64. The van der Waals surface area contributed by atoms with Crippen LogP contribution in [0.3, 0.4) is 0 Å². The van der Waals surface area contributed by atoms with Crippen LogP contribution in [0.25, 0.3) is 0 Å². The van der Waals surface area contributed by atoms with Crippen LogP contribution in [0, 0.1) is 0 Å². The Morgan fingerprint density at radius 1 is 0.659 bits per heavy atom. The van der Waals surface area contributed by atoms with Gasteiger partial charge in [-0.2, -0.15) is 0 Å². The van der Waals surface area contributed by atoms with Gasteiger partial charge in [0.2, 0.25) is 0 Å². The van der Waals surface area contributed by atoms with Gasteiger partial charge in [0.25, 0.3) is 0 Å². The van der Waals surface area contributed by atoms with E-state index in [1.54, 1.807) is 0 Å². The molecule has 0 amide bonds. The van der Waals surface area contributed by atoms with Crippen molar-refractivity contribution < 1.29 is 19.2 Å². The van der Waals surface area contributed by atoms with Gasteiger partial charge in [0.05, 0.1) is 12.5 Å². The van der Waals surface area contributed by atoms with E-state index >= 15 is 0 Å². The first-order chi connectivity index (χ1) is 19.9. The molecule has 1 atom stereocenters. The van der Waals surface area contributed by atoms with Gasteiger partial charge >= 0.3 is 13.8 Å². The molecule has 0 saturated heterocycles. The van der Waals surface area contributed by atoms with Crippen molar-refractivity contribution >= 4 is 30.2 Å². The maximum Gasteiger partial charge on any atom is 0.361 e. The molecule has 0 aromatic heterocycles. The predicted octanol–water partition coefficient (Wildman–Crippen LogP) is 3.21. The summed E-state index contributed by atoms with van der Waals surface area (Å²) >= 11 is 0. The van der Waals surface area contributed by atoms with Gasteiger partial charge in [-0.1, -0.05) is 84.9 Å². The SMILES string of the molecule is CN(C)CCOB(c1ccccc1)c1ccc(Oc2ccc(B(CO)OCC(c3ccccc3)N(C)C)cc2)cc1. The molecule has 0 fully saturated rings. The number of rotatable bonds is 15. The fraction of sp³-hybridized carbons (Fsp3) is 0.273. The summed E-state index contributed by atoms with van der Waals surface area (Å²) in [5.74, 6) is 1.46. The number of hydrogen-bond acceptors (Lipinski definition) is 6. The van der Waals surface area contributed by atoms with Crippen LogP contribution in [0.5, 0.6) is 11.5 Å². The first kappa shape index (κ1) is 30.6. The standard InChI is InChI=1S/C33H40B2N2O4/c1-36(2)23-24-39-35(29-13-9-6-10-14-29)30-17-21-32(22-18-30)41-31-19-15-28(16-20-31)34(26-38)40-25-33(37(3)4)27-11-7-5-8-12-27/h5-22,33,38H,23-26H2,1-4H3. The fourth-order valence-electron chi connectivity index (χ4n) is 4.64. The average Bonchev–Trinajstić information content (AvgIpc) is 2.99. The molecule has 4 aromatic rings. The van der Waals surface area contributed by atoms with Crippen LogP contribution >= 0.6 is 0 Å². The lowest BCUT2D eigenvalue weighted by Crippen LogP contribution is -2.45. The van der Waals surface area contributed by atoms with Crippen LogP contribution in [0.2, 0.25) is 0 Å². The minimum absolute atomic E-state index is 0.0932. The Morgan fingerprint density at radius 3 is 1.73 bits per heavy atom. The van der Waals surface area contributed by atoms with Gasteiger partial charge in [-0.15, -0.1) is 0 Å². The Kier molecular flexibility index (Phi) is 11.6. The summed E-state index contributed by atoms with van der Waals surface area (Å²) < 4.78 is 18.6. The molecule has 0 aliphatic heterocycles. The molecule has 0 heterocycles. The van der Waals surface area contributed by atoms with E-state index in [1.807, 2.05) is 101 Å². The van der Waals surface area contributed by atoms with Gasteiger partial charge in [0.15, 0.2) is 0 Å². The number of benzene rings is 4. The molecule has 4 aromatic carbocycles. The first-order valence-corrected chi connectivity index (χ1v) is 14.1. The van der Waals surface area contributed by atoms with E-state index in [4.69, 9.17) is 14.0 Å². The topological polar surface area (TPSA) is 54.4 Å². The highest BCUT2D eigenvalue weighted by Crippen LogP contribution is 2.21. The van der Waals surface area contributed by atoms with Crippen LogP contribution in [0.15, 0.2) is 109 Å². The minimum atomic E-state index is -0.420. The van der Waals surface area contributed by atoms with Crippen LogP contribution in [-0.4, -0.2) is 83.2 Å². The van der Waals surface area contributed by atoms with Crippen molar-refractivity contribution in [3.05, 3.63) is 115 Å². The zero-order chi connectivity index (χ0) is 29.0. The lowest BCUT2D eigenvalue weighted by atomic mass is 9.55. The van der Waals surface area contributed by atoms with E-state index in [0.717, 1.165) is 34.4 Å². The van der Waals surface area contributed by atoms with E-state index in [0.29, 0.717) is 13.2 Å². The summed E-state index contributed by atoms with van der Waals surface area (Å²) in [6.07, 6.45) is 0. The van der Waals surface area contributed by atoms with E-state index in [1.165, 1.54) is 5.56 Å². The highest BCUT2D eigenvalue weighted by molar-refractivity contribution is 6.80. The van der Waals surface area contributed by atoms with Crippen LogP contribution in [0.1, 0.15) is 11.6 Å². The summed E-state index contributed by atoms with van der Waals surface area (Å²) in [6, 6.07) is 36.4. The van der Waals surface area contributed by atoms with Gasteiger partial charge in [0.1, 0.15) is 11.5 Å². The molecule has 0 radical (unpaired) electrons. The second-order valence-corrected chi connectivity index (χ2v) is 10.6. The number of likely N-dealkylation sites (N-methyl/N-ethyl adjacent to an activating group) is 2. The third-order valence-electron chi connectivity index (χ3n) is 7.02. The summed E-state index contributed by atoms with van der Waals surface area (Å²) in [7, 11) is 8.16. The zero-order valence-electron chi connectivity index (χ0n) is 24.5. The maximum absolute atomic E-state index is 10.1. The van der Waals surface area contributed by atoms with E-state index < -0.39 is 6.92 Å². The highest BCUT2D eigenvalue weighted by atomic mass is 16.5. The molecule has 0 spiro atoms. The molecule has 1 unspecified atom stereocenters. The third-order valence-corrected chi connectivity index (χ3v) is 7.02. The molecule has 212 valence electrons. The smallest absolute Gasteiger partial charge is 0.361 e. The molecular formula is C33H40B2N2O4. The van der Waals surface area contributed by atoms with Crippen molar-refractivity contribution in [2.75, 3.05) is 54.5 Å². The second kappa shape index (κ2) is 15.6. The normalized spacial score (nSPS) is 12.0. The monoisotopic (exact) mass is 550 g/mol. The molecule has 1 N–H and O–H groups in total. The Bertz CT molecular complexity index is 1290. The van der Waals surface area contributed by atoms with Gasteiger partial charge < -0.3 is 29.0 Å². The van der Waals surface area contributed by atoms with Crippen LogP contribution in [-0.2, 0) is 9.31 Å². The van der Waals surface area contributed by atoms with Crippen molar-refractivity contribution in [2.45, 2.75) is 6.04 Å². The zero-order valence-corrected chi connectivity index (χ0v) is 24.5.